The molecule has 0 amide bonds. The number of carbonyl (C=O) groups excluding carboxylic acids is 1. The zero-order valence-electron chi connectivity index (χ0n) is 9.70. The summed E-state index contributed by atoms with van der Waals surface area (Å²) in [7, 11) is 0. The lowest BCUT2D eigenvalue weighted by Gasteiger charge is -1.93. The van der Waals surface area contributed by atoms with E-state index < -0.39 is 0 Å². The molecule has 2 aromatic rings. The van der Waals surface area contributed by atoms with Crippen molar-refractivity contribution in [2.75, 3.05) is 6.54 Å². The number of hydrogen-bond acceptors (Lipinski definition) is 4. The number of Topliss-reactive ketones (excluding diaryl/α,β-unsaturated/α-hetero) is 1. The second kappa shape index (κ2) is 5.44. The summed E-state index contributed by atoms with van der Waals surface area (Å²) in [6.45, 7) is 1.63. The average molecular weight is 258 g/mol. The van der Waals surface area contributed by atoms with Crippen LogP contribution in [0.1, 0.15) is 15.4 Å². The number of azide groups is 1. The van der Waals surface area contributed by atoms with Gasteiger partial charge in [0.1, 0.15) is 5.01 Å². The van der Waals surface area contributed by atoms with Gasteiger partial charge in [-0.2, -0.15) is 0 Å². The van der Waals surface area contributed by atoms with Gasteiger partial charge in [0.2, 0.25) is 0 Å². The fourth-order valence-corrected chi connectivity index (χ4v) is 2.53. The number of nitrogens with zero attached hydrogens (tertiary/aromatic N) is 4. The Balaban J connectivity index is 2.33. The normalized spacial score (nSPS) is 9.83. The standard InChI is InChI=1S/C12H10N4OS/c1-8-11(10(17)7-14-16-13)18-12(15-8)9-5-3-2-4-6-9/h2-6H,7H2,1H3. The van der Waals surface area contributed by atoms with Crippen LogP contribution >= 0.6 is 11.3 Å². The lowest BCUT2D eigenvalue weighted by atomic mass is 10.2. The van der Waals surface area contributed by atoms with E-state index in [1.165, 1.54) is 11.3 Å². The van der Waals surface area contributed by atoms with E-state index in [9.17, 15) is 4.79 Å². The molecule has 1 aromatic heterocycles. The molecule has 0 aliphatic rings. The number of benzene rings is 1. The Morgan fingerprint density at radius 2 is 2.17 bits per heavy atom. The van der Waals surface area contributed by atoms with Crippen LogP contribution in [0.4, 0.5) is 0 Å². The quantitative estimate of drug-likeness (QED) is 0.363. The first-order valence-electron chi connectivity index (χ1n) is 5.29. The summed E-state index contributed by atoms with van der Waals surface area (Å²) in [6.07, 6.45) is 0. The molecule has 18 heavy (non-hydrogen) atoms. The number of thiazole rings is 1. The fourth-order valence-electron chi connectivity index (χ4n) is 1.53. The van der Waals surface area contributed by atoms with Gasteiger partial charge in [0.25, 0.3) is 0 Å². The first kappa shape index (κ1) is 12.3. The van der Waals surface area contributed by atoms with Crippen LogP contribution in [-0.2, 0) is 0 Å². The molecule has 0 saturated carbocycles. The van der Waals surface area contributed by atoms with Gasteiger partial charge in [0, 0.05) is 10.5 Å². The third-order valence-electron chi connectivity index (χ3n) is 2.35. The van der Waals surface area contributed by atoms with Crippen LogP contribution in [-0.4, -0.2) is 17.3 Å². The summed E-state index contributed by atoms with van der Waals surface area (Å²) in [5.74, 6) is -0.190. The summed E-state index contributed by atoms with van der Waals surface area (Å²) in [4.78, 5) is 19.3. The number of rotatable bonds is 4. The predicted octanol–water partition coefficient (Wildman–Crippen LogP) is 3.61. The lowest BCUT2D eigenvalue weighted by Crippen LogP contribution is -2.01. The molecule has 0 fully saturated rings. The van der Waals surface area contributed by atoms with Crippen molar-refractivity contribution in [2.45, 2.75) is 6.92 Å². The summed E-state index contributed by atoms with van der Waals surface area (Å²) in [5.41, 5.74) is 9.87. The zero-order valence-corrected chi connectivity index (χ0v) is 10.5. The Labute approximate surface area is 108 Å². The van der Waals surface area contributed by atoms with E-state index in [0.717, 1.165) is 10.6 Å². The van der Waals surface area contributed by atoms with Gasteiger partial charge in [-0.15, -0.1) is 11.3 Å². The van der Waals surface area contributed by atoms with Crippen molar-refractivity contribution >= 4 is 17.1 Å². The van der Waals surface area contributed by atoms with Gasteiger partial charge in [0.05, 0.1) is 17.1 Å². The Kier molecular flexibility index (Phi) is 3.72. The minimum atomic E-state index is -0.190. The molecule has 6 heteroatoms. The van der Waals surface area contributed by atoms with Gasteiger partial charge in [-0.3, -0.25) is 4.79 Å². The van der Waals surface area contributed by atoms with Crippen LogP contribution in [0.15, 0.2) is 35.4 Å². The molecule has 0 radical (unpaired) electrons. The molecule has 0 aliphatic heterocycles. The van der Waals surface area contributed by atoms with Crippen LogP contribution in [0, 0.1) is 6.92 Å². The van der Waals surface area contributed by atoms with Crippen LogP contribution < -0.4 is 0 Å². The highest BCUT2D eigenvalue weighted by Gasteiger charge is 2.15. The van der Waals surface area contributed by atoms with Crippen LogP contribution in [0.3, 0.4) is 0 Å². The molecule has 90 valence electrons. The van der Waals surface area contributed by atoms with E-state index in [1.807, 2.05) is 30.3 Å². The van der Waals surface area contributed by atoms with Crippen molar-refractivity contribution in [2.24, 2.45) is 5.11 Å². The van der Waals surface area contributed by atoms with Gasteiger partial charge in [-0.25, -0.2) is 4.98 Å². The summed E-state index contributed by atoms with van der Waals surface area (Å²) in [6, 6.07) is 9.67. The van der Waals surface area contributed by atoms with Gasteiger partial charge < -0.3 is 0 Å². The Bertz CT molecular complexity index is 614. The smallest absolute Gasteiger partial charge is 0.180 e. The number of aryl methyl sites for hydroxylation is 1. The van der Waals surface area contributed by atoms with E-state index in [4.69, 9.17) is 5.53 Å². The van der Waals surface area contributed by atoms with Crippen molar-refractivity contribution in [3.05, 3.63) is 51.3 Å². The van der Waals surface area contributed by atoms with Crippen molar-refractivity contribution in [1.29, 1.82) is 0 Å². The van der Waals surface area contributed by atoms with Crippen molar-refractivity contribution < 1.29 is 4.79 Å². The summed E-state index contributed by atoms with van der Waals surface area (Å²) < 4.78 is 0. The molecule has 0 unspecified atom stereocenters. The highest BCUT2D eigenvalue weighted by molar-refractivity contribution is 7.17. The molecule has 0 N–H and O–H groups in total. The molecule has 1 aromatic carbocycles. The van der Waals surface area contributed by atoms with Gasteiger partial charge in [0.15, 0.2) is 5.78 Å². The Hall–Kier alpha value is -2.17. The monoisotopic (exact) mass is 258 g/mol. The Morgan fingerprint density at radius 1 is 1.44 bits per heavy atom. The molecule has 1 heterocycles. The molecular formula is C12H10N4OS. The molecule has 0 aliphatic carbocycles. The maximum atomic E-state index is 11.8. The first-order valence-corrected chi connectivity index (χ1v) is 6.11. The number of hydrogen-bond donors (Lipinski definition) is 0. The third-order valence-corrected chi connectivity index (χ3v) is 3.60. The number of carbonyl (C=O) groups is 1. The van der Waals surface area contributed by atoms with E-state index >= 15 is 0 Å². The van der Waals surface area contributed by atoms with Gasteiger partial charge in [-0.1, -0.05) is 35.4 Å². The Morgan fingerprint density at radius 3 is 2.83 bits per heavy atom. The maximum absolute atomic E-state index is 11.8. The topological polar surface area (TPSA) is 78.7 Å². The second-order valence-electron chi connectivity index (χ2n) is 3.61. The van der Waals surface area contributed by atoms with E-state index in [0.29, 0.717) is 10.6 Å². The zero-order chi connectivity index (χ0) is 13.0. The number of aromatic nitrogens is 1. The fraction of sp³-hybridized carbons (Fsp3) is 0.167. The van der Waals surface area contributed by atoms with Crippen molar-refractivity contribution in [3.8, 4) is 10.6 Å². The molecular weight excluding hydrogens is 248 g/mol. The highest BCUT2D eigenvalue weighted by atomic mass is 32.1. The maximum Gasteiger partial charge on any atom is 0.180 e. The summed E-state index contributed by atoms with van der Waals surface area (Å²) >= 11 is 1.33. The first-order chi connectivity index (χ1) is 8.72. The minimum absolute atomic E-state index is 0.159. The summed E-state index contributed by atoms with van der Waals surface area (Å²) in [5, 5.41) is 4.08. The molecule has 5 nitrogen and oxygen atoms in total. The van der Waals surface area contributed by atoms with E-state index in [-0.39, 0.29) is 12.3 Å². The van der Waals surface area contributed by atoms with Gasteiger partial charge >= 0.3 is 0 Å². The molecule has 0 saturated heterocycles. The second-order valence-corrected chi connectivity index (χ2v) is 4.61. The van der Waals surface area contributed by atoms with Crippen molar-refractivity contribution in [3.63, 3.8) is 0 Å². The molecule has 0 atom stereocenters. The van der Waals surface area contributed by atoms with Gasteiger partial charge in [-0.05, 0) is 12.5 Å². The third kappa shape index (κ3) is 2.56. The molecule has 0 bridgehead atoms. The predicted molar refractivity (Wildman–Crippen MR) is 70.6 cm³/mol. The van der Waals surface area contributed by atoms with Crippen LogP contribution in [0.25, 0.3) is 21.0 Å². The van der Waals surface area contributed by atoms with Crippen molar-refractivity contribution in [1.82, 2.24) is 4.98 Å². The SMILES string of the molecule is Cc1nc(-c2ccccc2)sc1C(=O)CN=[N+]=[N-]. The number of ketones is 1. The average Bonchev–Trinajstić information content (AvgIpc) is 2.79. The largest absolute Gasteiger partial charge is 0.293 e. The van der Waals surface area contributed by atoms with Crippen LogP contribution in [0.2, 0.25) is 0 Å². The van der Waals surface area contributed by atoms with E-state index in [2.05, 4.69) is 15.0 Å². The molecule has 0 spiro atoms. The minimum Gasteiger partial charge on any atom is -0.293 e. The lowest BCUT2D eigenvalue weighted by molar-refractivity contribution is 0.100. The highest BCUT2D eigenvalue weighted by Crippen LogP contribution is 2.27. The molecule has 2 rings (SSSR count). The van der Waals surface area contributed by atoms with E-state index in [1.54, 1.807) is 6.92 Å². The van der Waals surface area contributed by atoms with Crippen LogP contribution in [0.5, 0.6) is 0 Å².